The smallest absolute Gasteiger partial charge is 0.178 e. The van der Waals surface area contributed by atoms with E-state index in [0.717, 1.165) is 18.8 Å². The number of anilines is 1. The van der Waals surface area contributed by atoms with Crippen LogP contribution in [-0.2, 0) is 0 Å². The number of rotatable bonds is 2. The van der Waals surface area contributed by atoms with E-state index in [9.17, 15) is 4.79 Å². The molecule has 2 aliphatic rings. The van der Waals surface area contributed by atoms with Gasteiger partial charge in [-0.15, -0.1) is 0 Å². The van der Waals surface area contributed by atoms with Crippen molar-refractivity contribution in [2.24, 2.45) is 0 Å². The molecule has 20 heavy (non-hydrogen) atoms. The summed E-state index contributed by atoms with van der Waals surface area (Å²) in [5.41, 5.74) is 1.70. The minimum Gasteiger partial charge on any atom is -0.365 e. The topological polar surface area (TPSA) is 36.4 Å². The monoisotopic (exact) mass is 273 g/mol. The van der Waals surface area contributed by atoms with Gasteiger partial charge in [-0.1, -0.05) is 6.42 Å². The summed E-state index contributed by atoms with van der Waals surface area (Å²) in [4.78, 5) is 20.7. The summed E-state index contributed by atoms with van der Waals surface area (Å²) in [6.07, 6.45) is 5.86. The second-order valence-electron chi connectivity index (χ2n) is 6.10. The molecule has 1 aromatic rings. The zero-order chi connectivity index (χ0) is 14.1. The van der Waals surface area contributed by atoms with Crippen LogP contribution in [-0.4, -0.2) is 47.4 Å². The molecule has 4 heteroatoms. The highest BCUT2D eigenvalue weighted by atomic mass is 16.1. The lowest BCUT2D eigenvalue weighted by molar-refractivity contribution is 0.101. The number of Topliss-reactive ketones (excluding diaryl/α,β-unsaturated/α-hetero) is 1. The van der Waals surface area contributed by atoms with Crippen LogP contribution in [0.5, 0.6) is 0 Å². The van der Waals surface area contributed by atoms with Gasteiger partial charge in [-0.2, -0.15) is 0 Å². The van der Waals surface area contributed by atoms with Crippen molar-refractivity contribution < 1.29 is 4.79 Å². The molecule has 0 aromatic carbocycles. The maximum Gasteiger partial charge on any atom is 0.178 e. The number of aromatic nitrogens is 1. The van der Waals surface area contributed by atoms with Crippen LogP contribution >= 0.6 is 0 Å². The Morgan fingerprint density at radius 1 is 1.30 bits per heavy atom. The van der Waals surface area contributed by atoms with E-state index in [1.807, 2.05) is 18.3 Å². The third kappa shape index (κ3) is 2.57. The fourth-order valence-corrected chi connectivity index (χ4v) is 3.48. The predicted molar refractivity (Wildman–Crippen MR) is 80.3 cm³/mol. The van der Waals surface area contributed by atoms with Crippen molar-refractivity contribution in [3.05, 3.63) is 24.0 Å². The maximum atomic E-state index is 11.3. The number of piperazine rings is 1. The van der Waals surface area contributed by atoms with Gasteiger partial charge in [-0.05, 0) is 38.4 Å². The van der Waals surface area contributed by atoms with E-state index in [4.69, 9.17) is 0 Å². The predicted octanol–water partition coefficient (Wildman–Crippen LogP) is 2.35. The first-order valence-electron chi connectivity index (χ1n) is 7.63. The second kappa shape index (κ2) is 5.52. The van der Waals surface area contributed by atoms with Gasteiger partial charge in [0.05, 0.1) is 11.9 Å². The molecule has 0 N–H and O–H groups in total. The van der Waals surface area contributed by atoms with E-state index in [2.05, 4.69) is 21.7 Å². The van der Waals surface area contributed by atoms with Gasteiger partial charge in [-0.25, -0.2) is 0 Å². The van der Waals surface area contributed by atoms with Crippen molar-refractivity contribution in [1.82, 2.24) is 9.88 Å². The molecule has 3 rings (SSSR count). The quantitative estimate of drug-likeness (QED) is 0.775. The van der Waals surface area contributed by atoms with Crippen molar-refractivity contribution in [3.63, 3.8) is 0 Å². The summed E-state index contributed by atoms with van der Waals surface area (Å²) in [5, 5.41) is 0. The van der Waals surface area contributed by atoms with Crippen LogP contribution in [0.2, 0.25) is 0 Å². The molecule has 0 aliphatic carbocycles. The molecule has 0 amide bonds. The Bertz CT molecular complexity index is 485. The van der Waals surface area contributed by atoms with Crippen LogP contribution in [0.4, 0.5) is 5.69 Å². The van der Waals surface area contributed by atoms with Crippen LogP contribution < -0.4 is 4.90 Å². The van der Waals surface area contributed by atoms with Crippen LogP contribution in [0, 0.1) is 0 Å². The molecular weight excluding hydrogens is 250 g/mol. The molecule has 2 atom stereocenters. The van der Waals surface area contributed by atoms with Crippen molar-refractivity contribution in [1.29, 1.82) is 0 Å². The normalized spacial score (nSPS) is 27.2. The van der Waals surface area contributed by atoms with Crippen LogP contribution in [0.25, 0.3) is 0 Å². The van der Waals surface area contributed by atoms with Gasteiger partial charge < -0.3 is 4.90 Å². The molecule has 2 aliphatic heterocycles. The van der Waals surface area contributed by atoms with Gasteiger partial charge in [0.2, 0.25) is 0 Å². The Morgan fingerprint density at radius 3 is 2.85 bits per heavy atom. The largest absolute Gasteiger partial charge is 0.365 e. The Morgan fingerprint density at radius 2 is 2.15 bits per heavy atom. The van der Waals surface area contributed by atoms with Gasteiger partial charge in [-0.3, -0.25) is 14.7 Å². The SMILES string of the molecule is CC(=O)c1ccc(N2CC3CCCCN3CC2C)cn1. The Balaban J connectivity index is 1.77. The molecule has 4 nitrogen and oxygen atoms in total. The van der Waals surface area contributed by atoms with Crippen molar-refractivity contribution in [3.8, 4) is 0 Å². The van der Waals surface area contributed by atoms with Gasteiger partial charge in [0.15, 0.2) is 5.78 Å². The Hall–Kier alpha value is -1.42. The van der Waals surface area contributed by atoms with E-state index in [1.54, 1.807) is 6.92 Å². The molecule has 2 unspecified atom stereocenters. The minimum absolute atomic E-state index is 0.0294. The van der Waals surface area contributed by atoms with Crippen molar-refractivity contribution in [2.75, 3.05) is 24.5 Å². The van der Waals surface area contributed by atoms with E-state index < -0.39 is 0 Å². The van der Waals surface area contributed by atoms with E-state index >= 15 is 0 Å². The van der Waals surface area contributed by atoms with Crippen LogP contribution in [0.3, 0.4) is 0 Å². The minimum atomic E-state index is 0.0294. The second-order valence-corrected chi connectivity index (χ2v) is 6.10. The third-order valence-electron chi connectivity index (χ3n) is 4.63. The van der Waals surface area contributed by atoms with Crippen molar-refractivity contribution in [2.45, 2.75) is 45.2 Å². The number of piperidine rings is 1. The zero-order valence-corrected chi connectivity index (χ0v) is 12.4. The highest BCUT2D eigenvalue weighted by Crippen LogP contribution is 2.27. The molecule has 0 bridgehead atoms. The highest BCUT2D eigenvalue weighted by Gasteiger charge is 2.33. The third-order valence-corrected chi connectivity index (χ3v) is 4.63. The first-order valence-corrected chi connectivity index (χ1v) is 7.63. The van der Waals surface area contributed by atoms with Crippen LogP contribution in [0.1, 0.15) is 43.6 Å². The molecule has 0 radical (unpaired) electrons. The van der Waals surface area contributed by atoms with E-state index in [1.165, 1.54) is 25.8 Å². The Labute approximate surface area is 120 Å². The molecule has 2 fully saturated rings. The number of nitrogens with zero attached hydrogens (tertiary/aromatic N) is 3. The number of hydrogen-bond acceptors (Lipinski definition) is 4. The van der Waals surface area contributed by atoms with Crippen LogP contribution in [0.15, 0.2) is 18.3 Å². The number of pyridine rings is 1. The molecule has 2 saturated heterocycles. The van der Waals surface area contributed by atoms with E-state index in [0.29, 0.717) is 17.8 Å². The summed E-state index contributed by atoms with van der Waals surface area (Å²) >= 11 is 0. The first-order chi connectivity index (χ1) is 9.65. The highest BCUT2D eigenvalue weighted by molar-refractivity contribution is 5.92. The number of carbonyl (C=O) groups is 1. The fourth-order valence-electron chi connectivity index (χ4n) is 3.48. The zero-order valence-electron chi connectivity index (χ0n) is 12.4. The van der Waals surface area contributed by atoms with Gasteiger partial charge in [0, 0.05) is 32.1 Å². The maximum absolute atomic E-state index is 11.3. The first kappa shape index (κ1) is 13.6. The molecule has 108 valence electrons. The lowest BCUT2D eigenvalue weighted by atomic mass is 9.97. The fraction of sp³-hybridized carbons (Fsp3) is 0.625. The lowest BCUT2D eigenvalue weighted by Gasteiger charge is -2.48. The molecule has 3 heterocycles. The van der Waals surface area contributed by atoms with Gasteiger partial charge >= 0.3 is 0 Å². The van der Waals surface area contributed by atoms with Gasteiger partial charge in [0.25, 0.3) is 0 Å². The van der Waals surface area contributed by atoms with Gasteiger partial charge in [0.1, 0.15) is 5.69 Å². The number of carbonyl (C=O) groups excluding carboxylic acids is 1. The molecule has 0 spiro atoms. The summed E-state index contributed by atoms with van der Waals surface area (Å²) in [5.74, 6) is 0.0294. The lowest BCUT2D eigenvalue weighted by Crippen LogP contribution is -2.58. The molecule has 0 saturated carbocycles. The molecule has 1 aromatic heterocycles. The van der Waals surface area contributed by atoms with Crippen molar-refractivity contribution >= 4 is 11.5 Å². The Kier molecular flexibility index (Phi) is 3.74. The number of fused-ring (bicyclic) bond motifs is 1. The summed E-state index contributed by atoms with van der Waals surface area (Å²) in [6, 6.07) is 5.08. The summed E-state index contributed by atoms with van der Waals surface area (Å²) in [6.45, 7) is 7.32. The average molecular weight is 273 g/mol. The summed E-state index contributed by atoms with van der Waals surface area (Å²) in [7, 11) is 0. The number of ketones is 1. The number of hydrogen-bond donors (Lipinski definition) is 0. The standard InChI is InChI=1S/C16H23N3O/c1-12-10-18-8-4-3-5-15(18)11-19(12)14-6-7-16(13(2)20)17-9-14/h6-7,9,12,15H,3-5,8,10-11H2,1-2H3. The summed E-state index contributed by atoms with van der Waals surface area (Å²) < 4.78 is 0. The molecular formula is C16H23N3O. The van der Waals surface area contributed by atoms with E-state index in [-0.39, 0.29) is 5.78 Å². The average Bonchev–Trinajstić information content (AvgIpc) is 2.46.